The van der Waals surface area contributed by atoms with Gasteiger partial charge in [0.05, 0.1) is 12.6 Å². The lowest BCUT2D eigenvalue weighted by Gasteiger charge is -2.22. The lowest BCUT2D eigenvalue weighted by molar-refractivity contribution is 0.0674. The number of likely N-dealkylation sites (tertiary alicyclic amines) is 1. The molecule has 0 bridgehead atoms. The summed E-state index contributed by atoms with van der Waals surface area (Å²) in [5, 5.41) is 9.94. The van der Waals surface area contributed by atoms with Crippen LogP contribution >= 0.6 is 11.8 Å². The number of amides is 1. The quantitative estimate of drug-likeness (QED) is 0.769. The highest BCUT2D eigenvalue weighted by Crippen LogP contribution is 2.22. The molecular formula is C12H15N3O3S. The maximum Gasteiger partial charge on any atom is 0.267 e. The van der Waals surface area contributed by atoms with Crippen LogP contribution in [0.2, 0.25) is 0 Å². The zero-order valence-electron chi connectivity index (χ0n) is 10.4. The number of hydrogen-bond donors (Lipinski definition) is 1. The van der Waals surface area contributed by atoms with E-state index in [2.05, 4.69) is 4.98 Å². The average Bonchev–Trinajstić information content (AvgIpc) is 3.07. The smallest absolute Gasteiger partial charge is 0.267 e. The first-order chi connectivity index (χ1) is 9.22. The van der Waals surface area contributed by atoms with Crippen molar-refractivity contribution in [2.45, 2.75) is 30.6 Å². The van der Waals surface area contributed by atoms with Crippen molar-refractivity contribution in [1.29, 1.82) is 0 Å². The maximum absolute atomic E-state index is 12.4. The Morgan fingerprint density at radius 3 is 3.16 bits per heavy atom. The van der Waals surface area contributed by atoms with E-state index in [9.17, 15) is 14.7 Å². The minimum absolute atomic E-state index is 0.0543. The van der Waals surface area contributed by atoms with Crippen LogP contribution in [0.1, 0.15) is 23.2 Å². The molecule has 2 aliphatic rings. The van der Waals surface area contributed by atoms with Crippen LogP contribution in [-0.4, -0.2) is 50.4 Å². The van der Waals surface area contributed by atoms with E-state index in [1.165, 1.54) is 18.0 Å². The van der Waals surface area contributed by atoms with Crippen molar-refractivity contribution in [2.24, 2.45) is 0 Å². The van der Waals surface area contributed by atoms with E-state index in [4.69, 9.17) is 0 Å². The molecule has 0 unspecified atom stereocenters. The van der Waals surface area contributed by atoms with Crippen LogP contribution in [0.3, 0.4) is 0 Å². The van der Waals surface area contributed by atoms with E-state index in [1.54, 1.807) is 9.47 Å². The van der Waals surface area contributed by atoms with Gasteiger partial charge in [-0.15, -0.1) is 0 Å². The Bertz CT molecular complexity index is 572. The highest BCUT2D eigenvalue weighted by atomic mass is 32.2. The number of carbonyl (C=O) groups excluding carboxylic acids is 1. The van der Waals surface area contributed by atoms with Crippen molar-refractivity contribution in [2.75, 3.05) is 18.9 Å². The van der Waals surface area contributed by atoms with Gasteiger partial charge in [0.15, 0.2) is 5.16 Å². The Morgan fingerprint density at radius 1 is 1.53 bits per heavy atom. The van der Waals surface area contributed by atoms with E-state index in [0.29, 0.717) is 18.2 Å². The van der Waals surface area contributed by atoms with Crippen LogP contribution in [0, 0.1) is 0 Å². The molecule has 1 aromatic heterocycles. The Hall–Kier alpha value is -1.34. The van der Waals surface area contributed by atoms with Gasteiger partial charge < -0.3 is 10.0 Å². The number of fused-ring (bicyclic) bond motifs is 1. The molecular weight excluding hydrogens is 266 g/mol. The molecule has 0 aromatic carbocycles. The van der Waals surface area contributed by atoms with Crippen LogP contribution in [0.15, 0.2) is 16.1 Å². The summed E-state index contributed by atoms with van der Waals surface area (Å²) in [6, 6.07) is -0.167. The molecule has 3 rings (SSSR count). The summed E-state index contributed by atoms with van der Waals surface area (Å²) in [6.45, 7) is 1.15. The number of thioether (sulfide) groups is 1. The fourth-order valence-corrected chi connectivity index (χ4v) is 3.53. The van der Waals surface area contributed by atoms with Gasteiger partial charge in [0.1, 0.15) is 5.56 Å². The minimum Gasteiger partial charge on any atom is -0.394 e. The van der Waals surface area contributed by atoms with Crippen molar-refractivity contribution in [3.05, 3.63) is 22.1 Å². The largest absolute Gasteiger partial charge is 0.394 e. The van der Waals surface area contributed by atoms with Crippen LogP contribution in [0.25, 0.3) is 0 Å². The minimum atomic E-state index is -0.304. The molecule has 2 aliphatic heterocycles. The second kappa shape index (κ2) is 4.97. The molecule has 102 valence electrons. The van der Waals surface area contributed by atoms with Crippen LogP contribution in [0.4, 0.5) is 0 Å². The van der Waals surface area contributed by atoms with E-state index in [1.807, 2.05) is 0 Å². The van der Waals surface area contributed by atoms with Gasteiger partial charge in [0.2, 0.25) is 0 Å². The summed E-state index contributed by atoms with van der Waals surface area (Å²) in [5.74, 6) is 0.518. The SMILES string of the molecule is O=C(c1cnc2n(c1=O)CCS2)N1CCC[C@H]1CO. The average molecular weight is 281 g/mol. The number of carbonyl (C=O) groups is 1. The summed E-state index contributed by atoms with van der Waals surface area (Å²) in [5.41, 5.74) is -0.143. The first-order valence-electron chi connectivity index (χ1n) is 6.37. The fourth-order valence-electron chi connectivity index (χ4n) is 2.61. The molecule has 6 nitrogen and oxygen atoms in total. The van der Waals surface area contributed by atoms with Crippen molar-refractivity contribution < 1.29 is 9.90 Å². The van der Waals surface area contributed by atoms with E-state index >= 15 is 0 Å². The van der Waals surface area contributed by atoms with Gasteiger partial charge in [-0.3, -0.25) is 14.2 Å². The molecule has 0 radical (unpaired) electrons. The zero-order chi connectivity index (χ0) is 13.4. The number of aliphatic hydroxyl groups is 1. The first kappa shape index (κ1) is 12.7. The Labute approximate surface area is 114 Å². The molecule has 1 fully saturated rings. The van der Waals surface area contributed by atoms with Crippen LogP contribution in [-0.2, 0) is 6.54 Å². The van der Waals surface area contributed by atoms with E-state index in [0.717, 1.165) is 18.6 Å². The summed E-state index contributed by atoms with van der Waals surface area (Å²) in [6.07, 6.45) is 3.03. The Kier molecular flexibility index (Phi) is 3.32. The third kappa shape index (κ3) is 2.06. The van der Waals surface area contributed by atoms with Gasteiger partial charge in [0, 0.05) is 25.0 Å². The number of aromatic nitrogens is 2. The number of aliphatic hydroxyl groups excluding tert-OH is 1. The van der Waals surface area contributed by atoms with Gasteiger partial charge in [0.25, 0.3) is 11.5 Å². The molecule has 0 spiro atoms. The molecule has 1 atom stereocenters. The highest BCUT2D eigenvalue weighted by molar-refractivity contribution is 7.99. The van der Waals surface area contributed by atoms with Crippen molar-refractivity contribution in [3.63, 3.8) is 0 Å². The third-order valence-corrected chi connectivity index (χ3v) is 4.61. The summed E-state index contributed by atoms with van der Waals surface area (Å²) in [7, 11) is 0. The van der Waals surface area contributed by atoms with Crippen LogP contribution in [0.5, 0.6) is 0 Å². The predicted octanol–water partition coefficient (Wildman–Crippen LogP) is -0.0541. The fraction of sp³-hybridized carbons (Fsp3) is 0.583. The van der Waals surface area contributed by atoms with Crippen molar-refractivity contribution in [1.82, 2.24) is 14.5 Å². The van der Waals surface area contributed by atoms with Crippen molar-refractivity contribution >= 4 is 17.7 Å². The van der Waals surface area contributed by atoms with E-state index < -0.39 is 0 Å². The molecule has 0 aliphatic carbocycles. The highest BCUT2D eigenvalue weighted by Gasteiger charge is 2.31. The number of hydrogen-bond acceptors (Lipinski definition) is 5. The van der Waals surface area contributed by atoms with Gasteiger partial charge in [-0.05, 0) is 12.8 Å². The Morgan fingerprint density at radius 2 is 2.37 bits per heavy atom. The zero-order valence-corrected chi connectivity index (χ0v) is 11.2. The second-order valence-corrected chi connectivity index (χ2v) is 5.80. The first-order valence-corrected chi connectivity index (χ1v) is 7.35. The molecule has 7 heteroatoms. The lowest BCUT2D eigenvalue weighted by atomic mass is 10.2. The lowest BCUT2D eigenvalue weighted by Crippen LogP contribution is -2.41. The standard InChI is InChI=1S/C12H15N3O3S/c16-7-8-2-1-3-14(8)10(17)9-6-13-12-15(11(9)18)4-5-19-12/h6,8,16H,1-5,7H2/t8-/m0/s1. The topological polar surface area (TPSA) is 75.4 Å². The predicted molar refractivity (Wildman–Crippen MR) is 70.4 cm³/mol. The van der Waals surface area contributed by atoms with Gasteiger partial charge in [-0.25, -0.2) is 4.98 Å². The maximum atomic E-state index is 12.4. The van der Waals surface area contributed by atoms with E-state index in [-0.39, 0.29) is 29.7 Å². The van der Waals surface area contributed by atoms with Gasteiger partial charge >= 0.3 is 0 Å². The normalized spacial score (nSPS) is 21.7. The third-order valence-electron chi connectivity index (χ3n) is 3.64. The van der Waals surface area contributed by atoms with Crippen LogP contribution < -0.4 is 5.56 Å². The molecule has 0 saturated carbocycles. The molecule has 3 heterocycles. The molecule has 1 N–H and O–H groups in total. The van der Waals surface area contributed by atoms with Crippen molar-refractivity contribution in [3.8, 4) is 0 Å². The van der Waals surface area contributed by atoms with Gasteiger partial charge in [-0.1, -0.05) is 11.8 Å². The summed E-state index contributed by atoms with van der Waals surface area (Å²) in [4.78, 5) is 30.4. The molecule has 1 aromatic rings. The summed E-state index contributed by atoms with van der Waals surface area (Å²) < 4.78 is 1.56. The summed E-state index contributed by atoms with van der Waals surface area (Å²) >= 11 is 1.53. The van der Waals surface area contributed by atoms with Gasteiger partial charge in [-0.2, -0.15) is 0 Å². The Balaban J connectivity index is 1.94. The second-order valence-electron chi connectivity index (χ2n) is 4.74. The monoisotopic (exact) mass is 281 g/mol. The number of nitrogens with zero attached hydrogens (tertiary/aromatic N) is 3. The number of rotatable bonds is 2. The molecule has 1 saturated heterocycles. The molecule has 1 amide bonds. The molecule has 19 heavy (non-hydrogen) atoms.